The van der Waals surface area contributed by atoms with Crippen molar-refractivity contribution in [1.29, 1.82) is 0 Å². The van der Waals surface area contributed by atoms with Crippen molar-refractivity contribution >= 4 is 11.8 Å². The van der Waals surface area contributed by atoms with Gasteiger partial charge in [0, 0.05) is 4.90 Å². The van der Waals surface area contributed by atoms with E-state index in [-0.39, 0.29) is 11.9 Å². The highest BCUT2D eigenvalue weighted by molar-refractivity contribution is 7.98. The lowest BCUT2D eigenvalue weighted by molar-refractivity contribution is 0.239. The van der Waals surface area contributed by atoms with Crippen LogP contribution in [0.5, 0.6) is 0 Å². The molecule has 0 amide bonds. The third-order valence-corrected chi connectivity index (χ3v) is 4.76. The third-order valence-electron chi connectivity index (χ3n) is 3.71. The summed E-state index contributed by atoms with van der Waals surface area (Å²) in [4.78, 5) is 5.05. The van der Waals surface area contributed by atoms with Crippen molar-refractivity contribution < 1.29 is 8.91 Å². The van der Waals surface area contributed by atoms with Gasteiger partial charge in [0.2, 0.25) is 5.89 Å². The van der Waals surface area contributed by atoms with Crippen LogP contribution in [0.1, 0.15) is 37.5 Å². The zero-order chi connectivity index (χ0) is 14.7. The standard InChI is InChI=1S/C15H18FN3OS/c1-10-5-4-8-17-14(10)15-18-13(19-20-15)9-21-12-7-3-2-6-11(12)16/h2-3,6-7,10,14,17H,4-5,8-9H2,1H3. The third kappa shape index (κ3) is 3.44. The van der Waals surface area contributed by atoms with E-state index in [9.17, 15) is 4.39 Å². The molecule has 3 rings (SSSR count). The summed E-state index contributed by atoms with van der Waals surface area (Å²) in [6, 6.07) is 6.85. The number of rotatable bonds is 4. The van der Waals surface area contributed by atoms with Crippen LogP contribution in [-0.4, -0.2) is 16.7 Å². The molecular formula is C15H18FN3OS. The van der Waals surface area contributed by atoms with Gasteiger partial charge in [0.1, 0.15) is 5.82 Å². The van der Waals surface area contributed by atoms with E-state index in [2.05, 4.69) is 22.4 Å². The predicted octanol–water partition coefficient (Wildman–Crippen LogP) is 3.56. The molecule has 2 aromatic rings. The first kappa shape index (κ1) is 14.5. The van der Waals surface area contributed by atoms with Crippen LogP contribution in [0.4, 0.5) is 4.39 Å². The van der Waals surface area contributed by atoms with Gasteiger partial charge < -0.3 is 9.84 Å². The van der Waals surface area contributed by atoms with Crippen LogP contribution in [0.15, 0.2) is 33.7 Å². The molecule has 1 aromatic carbocycles. The number of hydrogen-bond acceptors (Lipinski definition) is 5. The first-order valence-electron chi connectivity index (χ1n) is 7.17. The van der Waals surface area contributed by atoms with Gasteiger partial charge in [-0.15, -0.1) is 11.8 Å². The van der Waals surface area contributed by atoms with Gasteiger partial charge in [-0.2, -0.15) is 4.98 Å². The van der Waals surface area contributed by atoms with Gasteiger partial charge in [0.15, 0.2) is 5.82 Å². The van der Waals surface area contributed by atoms with Gasteiger partial charge in [-0.3, -0.25) is 0 Å². The molecule has 1 aromatic heterocycles. The number of piperidine rings is 1. The summed E-state index contributed by atoms with van der Waals surface area (Å²) in [5.41, 5.74) is 0. The summed E-state index contributed by atoms with van der Waals surface area (Å²) in [7, 11) is 0. The molecule has 6 heteroatoms. The molecule has 0 radical (unpaired) electrons. The number of hydrogen-bond donors (Lipinski definition) is 1. The molecule has 1 saturated heterocycles. The van der Waals surface area contributed by atoms with Crippen molar-refractivity contribution in [2.24, 2.45) is 5.92 Å². The van der Waals surface area contributed by atoms with Gasteiger partial charge in [-0.25, -0.2) is 4.39 Å². The van der Waals surface area contributed by atoms with Crippen LogP contribution in [0.3, 0.4) is 0 Å². The highest BCUT2D eigenvalue weighted by Crippen LogP contribution is 2.29. The Morgan fingerprint density at radius 1 is 1.43 bits per heavy atom. The predicted molar refractivity (Wildman–Crippen MR) is 79.4 cm³/mol. The first-order valence-corrected chi connectivity index (χ1v) is 8.16. The van der Waals surface area contributed by atoms with Crippen LogP contribution >= 0.6 is 11.8 Å². The Morgan fingerprint density at radius 3 is 3.10 bits per heavy atom. The second-order valence-corrected chi connectivity index (χ2v) is 6.34. The minimum absolute atomic E-state index is 0.137. The Balaban J connectivity index is 1.64. The number of thioether (sulfide) groups is 1. The van der Waals surface area contributed by atoms with Gasteiger partial charge in [0.25, 0.3) is 0 Å². The fourth-order valence-corrected chi connectivity index (χ4v) is 3.32. The molecule has 1 N–H and O–H groups in total. The average Bonchev–Trinajstić information content (AvgIpc) is 2.96. The quantitative estimate of drug-likeness (QED) is 0.875. The zero-order valence-electron chi connectivity index (χ0n) is 11.9. The summed E-state index contributed by atoms with van der Waals surface area (Å²) in [5, 5.41) is 7.42. The molecule has 1 aliphatic rings. The van der Waals surface area contributed by atoms with E-state index in [1.807, 2.05) is 6.07 Å². The summed E-state index contributed by atoms with van der Waals surface area (Å²) in [6.07, 6.45) is 2.35. The summed E-state index contributed by atoms with van der Waals surface area (Å²) in [6.45, 7) is 3.17. The zero-order valence-corrected chi connectivity index (χ0v) is 12.7. The molecule has 1 fully saturated rings. The second-order valence-electron chi connectivity index (χ2n) is 5.32. The molecule has 2 heterocycles. The highest BCUT2D eigenvalue weighted by atomic mass is 32.2. The molecule has 21 heavy (non-hydrogen) atoms. The van der Waals surface area contributed by atoms with E-state index < -0.39 is 0 Å². The van der Waals surface area contributed by atoms with Gasteiger partial charge in [-0.1, -0.05) is 24.2 Å². The molecule has 2 unspecified atom stereocenters. The smallest absolute Gasteiger partial charge is 0.244 e. The normalized spacial score (nSPS) is 22.4. The Bertz CT molecular complexity index is 604. The van der Waals surface area contributed by atoms with E-state index in [1.165, 1.54) is 30.7 Å². The van der Waals surface area contributed by atoms with E-state index in [1.54, 1.807) is 12.1 Å². The van der Waals surface area contributed by atoms with Gasteiger partial charge >= 0.3 is 0 Å². The molecule has 0 spiro atoms. The number of nitrogens with zero attached hydrogens (tertiary/aromatic N) is 2. The van der Waals surface area contributed by atoms with Crippen molar-refractivity contribution in [3.8, 4) is 0 Å². The minimum atomic E-state index is -0.214. The monoisotopic (exact) mass is 307 g/mol. The van der Waals surface area contributed by atoms with E-state index in [0.29, 0.717) is 28.3 Å². The average molecular weight is 307 g/mol. The van der Waals surface area contributed by atoms with Crippen LogP contribution in [0.25, 0.3) is 0 Å². The van der Waals surface area contributed by atoms with Crippen molar-refractivity contribution in [3.63, 3.8) is 0 Å². The Morgan fingerprint density at radius 2 is 2.29 bits per heavy atom. The van der Waals surface area contributed by atoms with Crippen LogP contribution < -0.4 is 5.32 Å². The minimum Gasteiger partial charge on any atom is -0.338 e. The fraction of sp³-hybridized carbons (Fsp3) is 0.467. The summed E-state index contributed by atoms with van der Waals surface area (Å²) in [5.74, 6) is 2.04. The molecule has 112 valence electrons. The SMILES string of the molecule is CC1CCCNC1c1nc(CSc2ccccc2F)no1. The molecule has 4 nitrogen and oxygen atoms in total. The lowest BCUT2D eigenvalue weighted by Gasteiger charge is -2.26. The lowest BCUT2D eigenvalue weighted by atomic mass is 9.93. The Kier molecular flexibility index (Phi) is 4.55. The van der Waals surface area contributed by atoms with Crippen LogP contribution in [0.2, 0.25) is 0 Å². The maximum absolute atomic E-state index is 13.5. The Labute approximate surface area is 127 Å². The van der Waals surface area contributed by atoms with Crippen molar-refractivity contribution in [1.82, 2.24) is 15.5 Å². The molecule has 1 aliphatic heterocycles. The van der Waals surface area contributed by atoms with Crippen LogP contribution in [-0.2, 0) is 5.75 Å². The summed E-state index contributed by atoms with van der Waals surface area (Å²) >= 11 is 1.38. The molecular weight excluding hydrogens is 289 g/mol. The number of nitrogens with one attached hydrogen (secondary N) is 1. The molecule has 0 bridgehead atoms. The first-order chi connectivity index (χ1) is 10.2. The molecule has 0 saturated carbocycles. The number of benzene rings is 1. The molecule has 2 atom stereocenters. The van der Waals surface area contributed by atoms with Crippen molar-refractivity contribution in [2.75, 3.05) is 6.54 Å². The Hall–Kier alpha value is -1.40. The maximum Gasteiger partial charge on any atom is 0.244 e. The van der Waals surface area contributed by atoms with E-state index in [4.69, 9.17) is 4.52 Å². The topological polar surface area (TPSA) is 51.0 Å². The van der Waals surface area contributed by atoms with Gasteiger partial charge in [0.05, 0.1) is 11.8 Å². The summed E-state index contributed by atoms with van der Waals surface area (Å²) < 4.78 is 18.9. The second kappa shape index (κ2) is 6.58. The lowest BCUT2D eigenvalue weighted by Crippen LogP contribution is -2.33. The van der Waals surface area contributed by atoms with Crippen molar-refractivity contribution in [2.45, 2.75) is 36.5 Å². The largest absolute Gasteiger partial charge is 0.338 e. The number of aromatic nitrogens is 2. The maximum atomic E-state index is 13.5. The van der Waals surface area contributed by atoms with Gasteiger partial charge in [-0.05, 0) is 37.4 Å². The van der Waals surface area contributed by atoms with E-state index in [0.717, 1.165) is 6.54 Å². The molecule has 0 aliphatic carbocycles. The highest BCUT2D eigenvalue weighted by Gasteiger charge is 2.27. The number of halogens is 1. The van der Waals surface area contributed by atoms with E-state index >= 15 is 0 Å². The van der Waals surface area contributed by atoms with Crippen LogP contribution in [0, 0.1) is 11.7 Å². The van der Waals surface area contributed by atoms with Crippen molar-refractivity contribution in [3.05, 3.63) is 41.8 Å². The fourth-order valence-electron chi connectivity index (χ4n) is 2.54.